The third-order valence-corrected chi connectivity index (χ3v) is 6.44. The van der Waals surface area contributed by atoms with Gasteiger partial charge in [0.25, 0.3) is 5.91 Å². The van der Waals surface area contributed by atoms with Crippen LogP contribution < -0.4 is 14.7 Å². The number of carbonyl (C=O) groups is 3. The first-order valence-electron chi connectivity index (χ1n) is 11.4. The molecule has 0 spiro atoms. The van der Waals surface area contributed by atoms with E-state index in [9.17, 15) is 19.5 Å². The highest BCUT2D eigenvalue weighted by Crippen LogP contribution is 2.38. The summed E-state index contributed by atoms with van der Waals surface area (Å²) in [4.78, 5) is 40.9. The largest absolute Gasteiger partial charge is 0.872 e. The molecule has 35 heavy (non-hydrogen) atoms. The van der Waals surface area contributed by atoms with Crippen molar-refractivity contribution in [3.63, 3.8) is 0 Å². The van der Waals surface area contributed by atoms with E-state index in [0.29, 0.717) is 48.7 Å². The lowest BCUT2D eigenvalue weighted by atomic mass is 9.94. The van der Waals surface area contributed by atoms with Crippen molar-refractivity contribution >= 4 is 23.4 Å². The zero-order valence-electron chi connectivity index (χ0n) is 19.7. The van der Waals surface area contributed by atoms with Gasteiger partial charge in [0.1, 0.15) is 18.8 Å². The molecule has 2 fully saturated rings. The maximum absolute atomic E-state index is 13.5. The fraction of sp³-hybridized carbons (Fsp3) is 0.346. The number of esters is 1. The minimum atomic E-state index is -0.850. The van der Waals surface area contributed by atoms with E-state index in [4.69, 9.17) is 14.2 Å². The van der Waals surface area contributed by atoms with E-state index in [-0.39, 0.29) is 5.57 Å². The molecule has 9 nitrogen and oxygen atoms in total. The van der Waals surface area contributed by atoms with Crippen molar-refractivity contribution < 1.29 is 38.6 Å². The number of nitrogens with zero attached hydrogens (tertiary/aromatic N) is 1. The standard InChI is InChI=1S/C26H28N2O7/c1-33-20-9-7-18(8-10-20)23(29)21-22(17-3-5-19(6-4-17)26(32)34-2)28(25(31)24(21)30)12-11-27-13-15-35-16-14-27/h3-10,22,29H,11-16H2,1-2H3. The van der Waals surface area contributed by atoms with E-state index in [1.165, 1.54) is 24.0 Å². The lowest BCUT2D eigenvalue weighted by Gasteiger charge is -2.30. The van der Waals surface area contributed by atoms with E-state index in [1.54, 1.807) is 48.5 Å². The monoisotopic (exact) mass is 480 g/mol. The molecule has 1 N–H and O–H groups in total. The molecule has 4 rings (SSSR count). The van der Waals surface area contributed by atoms with Crippen LogP contribution in [0.25, 0.3) is 5.76 Å². The van der Waals surface area contributed by atoms with Gasteiger partial charge in [-0.05, 0) is 35.4 Å². The summed E-state index contributed by atoms with van der Waals surface area (Å²) in [5.74, 6) is -1.93. The molecule has 1 atom stereocenters. The Hall–Kier alpha value is -3.69. The molecule has 0 bridgehead atoms. The molecule has 2 aromatic rings. The fourth-order valence-corrected chi connectivity index (χ4v) is 4.45. The molecule has 184 valence electrons. The number of quaternary nitrogens is 1. The van der Waals surface area contributed by atoms with Crippen LogP contribution in [0.15, 0.2) is 54.1 Å². The number of benzene rings is 2. The van der Waals surface area contributed by atoms with Crippen LogP contribution in [-0.4, -0.2) is 76.2 Å². The van der Waals surface area contributed by atoms with Gasteiger partial charge < -0.3 is 29.1 Å². The molecule has 2 aliphatic rings. The maximum Gasteiger partial charge on any atom is 0.337 e. The molecule has 9 heteroatoms. The van der Waals surface area contributed by atoms with Gasteiger partial charge in [-0.25, -0.2) is 4.79 Å². The van der Waals surface area contributed by atoms with Crippen molar-refractivity contribution in [3.8, 4) is 5.75 Å². The predicted octanol–water partition coefficient (Wildman–Crippen LogP) is -0.379. The van der Waals surface area contributed by atoms with Gasteiger partial charge in [-0.2, -0.15) is 0 Å². The molecule has 0 aromatic heterocycles. The molecule has 2 aromatic carbocycles. The summed E-state index contributed by atoms with van der Waals surface area (Å²) in [5.41, 5.74) is 1.10. The number of ketones is 1. The van der Waals surface area contributed by atoms with E-state index in [1.807, 2.05) is 0 Å². The second kappa shape index (κ2) is 10.7. The SMILES string of the molecule is COC(=O)c1ccc(C2C(=C([O-])c3ccc(OC)cc3)C(=O)C(=O)N2CC[NH+]2CCOCC2)cc1. The number of hydrogen-bond acceptors (Lipinski definition) is 7. The van der Waals surface area contributed by atoms with E-state index < -0.39 is 29.5 Å². The Labute approximate surface area is 203 Å². The van der Waals surface area contributed by atoms with E-state index >= 15 is 0 Å². The Morgan fingerprint density at radius 2 is 1.66 bits per heavy atom. The average molecular weight is 481 g/mol. The zero-order chi connectivity index (χ0) is 24.9. The number of nitrogens with one attached hydrogen (secondary N) is 1. The van der Waals surface area contributed by atoms with Crippen molar-refractivity contribution in [2.45, 2.75) is 6.04 Å². The lowest BCUT2D eigenvalue weighted by Crippen LogP contribution is -3.14. The van der Waals surface area contributed by atoms with Gasteiger partial charge in [-0.3, -0.25) is 9.59 Å². The van der Waals surface area contributed by atoms with Crippen molar-refractivity contribution in [1.82, 2.24) is 4.90 Å². The summed E-state index contributed by atoms with van der Waals surface area (Å²) < 4.78 is 15.3. The van der Waals surface area contributed by atoms with Gasteiger partial charge >= 0.3 is 5.97 Å². The molecule has 1 unspecified atom stereocenters. The first kappa shape index (κ1) is 24.4. The van der Waals surface area contributed by atoms with Gasteiger partial charge in [0.2, 0.25) is 5.78 Å². The Balaban J connectivity index is 1.73. The zero-order valence-corrected chi connectivity index (χ0v) is 19.7. The number of carbonyl (C=O) groups excluding carboxylic acids is 3. The molecular formula is C26H28N2O7. The average Bonchev–Trinajstić information content (AvgIpc) is 3.16. The lowest BCUT2D eigenvalue weighted by molar-refractivity contribution is -0.907. The number of amides is 1. The van der Waals surface area contributed by atoms with Crippen molar-refractivity contribution in [3.05, 3.63) is 70.8 Å². The van der Waals surface area contributed by atoms with Crippen LogP contribution >= 0.6 is 0 Å². The summed E-state index contributed by atoms with van der Waals surface area (Å²) in [6.07, 6.45) is 0. The highest BCUT2D eigenvalue weighted by Gasteiger charge is 2.44. The maximum atomic E-state index is 13.5. The first-order chi connectivity index (χ1) is 16.9. The molecule has 2 saturated heterocycles. The van der Waals surface area contributed by atoms with Crippen molar-refractivity contribution in [2.24, 2.45) is 0 Å². The first-order valence-corrected chi connectivity index (χ1v) is 11.4. The Kier molecular flexibility index (Phi) is 7.48. The number of morpholine rings is 1. The minimum Gasteiger partial charge on any atom is -0.872 e. The van der Waals surface area contributed by atoms with Gasteiger partial charge in [0.15, 0.2) is 0 Å². The van der Waals surface area contributed by atoms with Crippen LogP contribution in [0, 0.1) is 0 Å². The van der Waals surface area contributed by atoms with Gasteiger partial charge in [-0.15, -0.1) is 0 Å². The number of rotatable bonds is 7. The minimum absolute atomic E-state index is 0.0945. The van der Waals surface area contributed by atoms with Crippen LogP contribution in [0.5, 0.6) is 5.75 Å². The van der Waals surface area contributed by atoms with Crippen LogP contribution in [0.1, 0.15) is 27.5 Å². The number of hydrogen-bond donors (Lipinski definition) is 1. The summed E-state index contributed by atoms with van der Waals surface area (Å²) in [7, 11) is 2.81. The van der Waals surface area contributed by atoms with Crippen molar-refractivity contribution in [2.75, 3.05) is 53.6 Å². The number of likely N-dealkylation sites (tertiary alicyclic amines) is 1. The predicted molar refractivity (Wildman–Crippen MR) is 124 cm³/mol. The normalized spacial score (nSPS) is 20.2. The molecule has 0 aliphatic carbocycles. The van der Waals surface area contributed by atoms with Gasteiger partial charge in [0, 0.05) is 5.57 Å². The molecular weight excluding hydrogens is 452 g/mol. The van der Waals surface area contributed by atoms with Crippen LogP contribution in [0.2, 0.25) is 0 Å². The number of Topliss-reactive ketones (excluding diaryl/α,β-unsaturated/α-hetero) is 1. The summed E-state index contributed by atoms with van der Waals surface area (Å²) in [5, 5.41) is 13.5. The van der Waals surface area contributed by atoms with Crippen LogP contribution in [-0.2, 0) is 19.1 Å². The Morgan fingerprint density at radius 3 is 2.26 bits per heavy atom. The highest BCUT2D eigenvalue weighted by molar-refractivity contribution is 6.46. The van der Waals surface area contributed by atoms with Crippen LogP contribution in [0.4, 0.5) is 0 Å². The molecule has 0 radical (unpaired) electrons. The molecule has 2 aliphatic heterocycles. The van der Waals surface area contributed by atoms with Gasteiger partial charge in [0.05, 0.1) is 52.1 Å². The third-order valence-electron chi connectivity index (χ3n) is 6.44. The highest BCUT2D eigenvalue weighted by atomic mass is 16.5. The van der Waals surface area contributed by atoms with E-state index in [2.05, 4.69) is 0 Å². The quantitative estimate of drug-likeness (QED) is 0.249. The number of methoxy groups -OCH3 is 2. The Morgan fingerprint density at radius 1 is 1.03 bits per heavy atom. The summed E-state index contributed by atoms with van der Waals surface area (Å²) in [6.45, 7) is 3.86. The number of ether oxygens (including phenoxy) is 3. The topological polar surface area (TPSA) is 110 Å². The third kappa shape index (κ3) is 5.06. The second-order valence-corrected chi connectivity index (χ2v) is 8.43. The summed E-state index contributed by atoms with van der Waals surface area (Å²) in [6, 6.07) is 12.0. The van der Waals surface area contributed by atoms with Crippen molar-refractivity contribution in [1.29, 1.82) is 0 Å². The molecule has 2 heterocycles. The second-order valence-electron chi connectivity index (χ2n) is 8.43. The molecule has 0 saturated carbocycles. The van der Waals surface area contributed by atoms with Gasteiger partial charge in [-0.1, -0.05) is 30.0 Å². The fourth-order valence-electron chi connectivity index (χ4n) is 4.45. The van der Waals surface area contributed by atoms with Crippen LogP contribution in [0.3, 0.4) is 0 Å². The smallest absolute Gasteiger partial charge is 0.337 e. The van der Waals surface area contributed by atoms with E-state index in [0.717, 1.165) is 13.1 Å². The Bertz CT molecular complexity index is 1120. The summed E-state index contributed by atoms with van der Waals surface area (Å²) >= 11 is 0. The molecule has 1 amide bonds.